The van der Waals surface area contributed by atoms with Gasteiger partial charge < -0.3 is 9.72 Å². The quantitative estimate of drug-likeness (QED) is 0.576. The zero-order valence-corrected chi connectivity index (χ0v) is 17.2. The van der Waals surface area contributed by atoms with E-state index in [4.69, 9.17) is 4.74 Å². The first-order chi connectivity index (χ1) is 13.0. The van der Waals surface area contributed by atoms with Crippen LogP contribution in [0.4, 0.5) is 0 Å². The Kier molecular flexibility index (Phi) is 6.08. The fourth-order valence-corrected chi connectivity index (χ4v) is 5.12. The van der Waals surface area contributed by atoms with Crippen LogP contribution >= 0.6 is 11.8 Å². The predicted molar refractivity (Wildman–Crippen MR) is 109 cm³/mol. The van der Waals surface area contributed by atoms with Gasteiger partial charge in [0.05, 0.1) is 28.8 Å². The molecule has 0 saturated carbocycles. The topological polar surface area (TPSA) is 75.3 Å². The molecule has 0 unspecified atom stereocenters. The van der Waals surface area contributed by atoms with Gasteiger partial charge in [-0.1, -0.05) is 19.9 Å². The van der Waals surface area contributed by atoms with Crippen molar-refractivity contribution >= 4 is 32.8 Å². The maximum atomic E-state index is 12.7. The number of imidazole rings is 1. The van der Waals surface area contributed by atoms with Gasteiger partial charge in [-0.3, -0.25) is 0 Å². The van der Waals surface area contributed by atoms with Crippen molar-refractivity contribution in [2.75, 3.05) is 20.2 Å². The van der Waals surface area contributed by atoms with E-state index in [9.17, 15) is 8.42 Å². The number of H-pyrrole nitrogens is 1. The summed E-state index contributed by atoms with van der Waals surface area (Å²) in [4.78, 5) is 9.17. The van der Waals surface area contributed by atoms with Gasteiger partial charge >= 0.3 is 0 Å². The summed E-state index contributed by atoms with van der Waals surface area (Å²) >= 11 is 1.64. The Morgan fingerprint density at radius 3 is 2.63 bits per heavy atom. The van der Waals surface area contributed by atoms with E-state index in [2.05, 4.69) is 9.97 Å². The Labute approximate surface area is 164 Å². The van der Waals surface area contributed by atoms with Crippen molar-refractivity contribution in [3.8, 4) is 5.75 Å². The predicted octanol–water partition coefficient (Wildman–Crippen LogP) is 3.89. The molecule has 1 aromatic heterocycles. The molecule has 1 heterocycles. The number of rotatable bonds is 8. The second-order valence-corrected chi connectivity index (χ2v) is 8.91. The van der Waals surface area contributed by atoms with Crippen LogP contribution in [0.15, 0.2) is 52.3 Å². The lowest BCUT2D eigenvalue weighted by molar-refractivity contribution is 0.413. The Morgan fingerprint density at radius 2 is 1.93 bits per heavy atom. The Balaban J connectivity index is 1.81. The van der Waals surface area contributed by atoms with Gasteiger partial charge in [-0.05, 0) is 36.4 Å². The normalized spacial score (nSPS) is 12.0. The number of methoxy groups -OCH3 is 1. The molecule has 144 valence electrons. The summed E-state index contributed by atoms with van der Waals surface area (Å²) in [5, 5.41) is 0. The second kappa shape index (κ2) is 8.33. The van der Waals surface area contributed by atoms with Gasteiger partial charge in [-0.25, -0.2) is 13.4 Å². The van der Waals surface area contributed by atoms with Gasteiger partial charge in [-0.15, -0.1) is 11.8 Å². The van der Waals surface area contributed by atoms with Gasteiger partial charge in [0.2, 0.25) is 10.0 Å². The van der Waals surface area contributed by atoms with Crippen molar-refractivity contribution in [1.82, 2.24) is 14.3 Å². The van der Waals surface area contributed by atoms with Crippen molar-refractivity contribution in [1.29, 1.82) is 0 Å². The molecule has 8 heteroatoms. The number of fused-ring (bicyclic) bond motifs is 1. The summed E-state index contributed by atoms with van der Waals surface area (Å²) in [6, 6.07) is 12.9. The van der Waals surface area contributed by atoms with Crippen LogP contribution in [-0.4, -0.2) is 42.9 Å². The summed E-state index contributed by atoms with van der Waals surface area (Å²) in [5.41, 5.74) is 1.49. The number of hydrogen-bond acceptors (Lipinski definition) is 5. The van der Waals surface area contributed by atoms with Crippen LogP contribution in [0.1, 0.15) is 19.7 Å². The van der Waals surface area contributed by atoms with Gasteiger partial charge in [0, 0.05) is 18.0 Å². The molecule has 0 aliphatic carbocycles. The van der Waals surface area contributed by atoms with Crippen LogP contribution in [0.25, 0.3) is 11.0 Å². The third-order valence-corrected chi connectivity index (χ3v) is 7.31. The number of aromatic amines is 1. The molecule has 0 fully saturated rings. The number of nitrogens with one attached hydrogen (secondary N) is 1. The Bertz CT molecular complexity index is 1030. The number of aromatic nitrogens is 2. The number of sulfonamides is 1. The minimum absolute atomic E-state index is 0.286. The maximum absolute atomic E-state index is 12.7. The van der Waals surface area contributed by atoms with Crippen molar-refractivity contribution in [2.24, 2.45) is 0 Å². The van der Waals surface area contributed by atoms with Crippen LogP contribution in [-0.2, 0) is 15.8 Å². The van der Waals surface area contributed by atoms with E-state index in [1.165, 1.54) is 4.31 Å². The average Bonchev–Trinajstić information content (AvgIpc) is 3.09. The minimum atomic E-state index is -3.48. The number of benzene rings is 2. The van der Waals surface area contributed by atoms with E-state index >= 15 is 0 Å². The molecule has 3 rings (SSSR count). The van der Waals surface area contributed by atoms with Gasteiger partial charge in [-0.2, -0.15) is 4.31 Å². The van der Waals surface area contributed by atoms with Crippen molar-refractivity contribution < 1.29 is 13.2 Å². The maximum Gasteiger partial charge on any atom is 0.243 e. The highest BCUT2D eigenvalue weighted by Crippen LogP contribution is 2.27. The summed E-state index contributed by atoms with van der Waals surface area (Å²) in [5.74, 6) is 2.27. The molecule has 1 N–H and O–H groups in total. The first-order valence-corrected chi connectivity index (χ1v) is 11.2. The number of nitrogens with zero attached hydrogens (tertiary/aromatic N) is 2. The molecule has 3 aromatic rings. The first kappa shape index (κ1) is 19.7. The number of ether oxygens (including phenoxy) is 1. The summed E-state index contributed by atoms with van der Waals surface area (Å²) in [6.07, 6.45) is 0. The number of thioether (sulfide) groups is 1. The third kappa shape index (κ3) is 4.28. The minimum Gasteiger partial charge on any atom is -0.497 e. The molecule has 0 saturated heterocycles. The molecular weight excluding hydrogens is 382 g/mol. The van der Waals surface area contributed by atoms with Crippen LogP contribution in [0.3, 0.4) is 0 Å². The zero-order chi connectivity index (χ0) is 19.4. The highest BCUT2D eigenvalue weighted by atomic mass is 32.2. The Hall–Kier alpha value is -2.03. The molecule has 0 amide bonds. The van der Waals surface area contributed by atoms with E-state index in [-0.39, 0.29) is 4.90 Å². The largest absolute Gasteiger partial charge is 0.497 e. The van der Waals surface area contributed by atoms with Gasteiger partial charge in [0.1, 0.15) is 11.6 Å². The summed E-state index contributed by atoms with van der Waals surface area (Å²) < 4.78 is 32.1. The first-order valence-electron chi connectivity index (χ1n) is 8.73. The fraction of sp³-hybridized carbons (Fsp3) is 0.316. The van der Waals surface area contributed by atoms with Crippen LogP contribution in [0.5, 0.6) is 5.75 Å². The van der Waals surface area contributed by atoms with Crippen LogP contribution in [0, 0.1) is 0 Å². The SMILES string of the molecule is CCN(CC)S(=O)(=O)c1ccc2nc(CSc3cccc(OC)c3)[nH]c2c1. The molecule has 27 heavy (non-hydrogen) atoms. The van der Waals surface area contributed by atoms with Crippen LogP contribution < -0.4 is 4.74 Å². The third-order valence-electron chi connectivity index (χ3n) is 4.26. The average molecular weight is 406 g/mol. The molecule has 0 aliphatic heterocycles. The summed E-state index contributed by atoms with van der Waals surface area (Å²) in [7, 11) is -1.83. The van der Waals surface area contributed by atoms with E-state index in [1.54, 1.807) is 37.1 Å². The van der Waals surface area contributed by atoms with Crippen molar-refractivity contribution in [3.05, 3.63) is 48.3 Å². The van der Waals surface area contributed by atoms with Crippen LogP contribution in [0.2, 0.25) is 0 Å². The molecule has 0 atom stereocenters. The smallest absolute Gasteiger partial charge is 0.243 e. The van der Waals surface area contributed by atoms with Crippen molar-refractivity contribution in [2.45, 2.75) is 29.4 Å². The second-order valence-electron chi connectivity index (χ2n) is 5.92. The molecule has 0 bridgehead atoms. The zero-order valence-electron chi connectivity index (χ0n) is 15.6. The number of hydrogen-bond donors (Lipinski definition) is 1. The Morgan fingerprint density at radius 1 is 1.15 bits per heavy atom. The highest BCUT2D eigenvalue weighted by molar-refractivity contribution is 7.98. The summed E-state index contributed by atoms with van der Waals surface area (Å²) in [6.45, 7) is 4.57. The van der Waals surface area contributed by atoms with E-state index < -0.39 is 10.0 Å². The van der Waals surface area contributed by atoms with E-state index in [0.29, 0.717) is 18.8 Å². The standard InChI is InChI=1S/C19H23N3O3S2/c1-4-22(5-2)27(23,24)16-9-10-17-18(12-16)21-19(20-17)13-26-15-8-6-7-14(11-15)25-3/h6-12H,4-5,13H2,1-3H3,(H,20,21). The lowest BCUT2D eigenvalue weighted by atomic mass is 10.3. The molecular formula is C19H23N3O3S2. The molecule has 0 spiro atoms. The van der Waals surface area contributed by atoms with Gasteiger partial charge in [0.25, 0.3) is 0 Å². The monoisotopic (exact) mass is 405 g/mol. The fourth-order valence-electron chi connectivity index (χ4n) is 2.83. The van der Waals surface area contributed by atoms with Gasteiger partial charge in [0.15, 0.2) is 0 Å². The van der Waals surface area contributed by atoms with E-state index in [1.807, 2.05) is 38.1 Å². The lowest BCUT2D eigenvalue weighted by Crippen LogP contribution is -2.30. The molecule has 0 aliphatic rings. The van der Waals surface area contributed by atoms with E-state index in [0.717, 1.165) is 27.5 Å². The molecule has 2 aromatic carbocycles. The molecule has 0 radical (unpaired) electrons. The lowest BCUT2D eigenvalue weighted by Gasteiger charge is -2.18. The molecule has 6 nitrogen and oxygen atoms in total. The van der Waals surface area contributed by atoms with Crippen molar-refractivity contribution in [3.63, 3.8) is 0 Å². The highest BCUT2D eigenvalue weighted by Gasteiger charge is 2.22.